The summed E-state index contributed by atoms with van der Waals surface area (Å²) in [5, 5.41) is 0.115. The number of anilines is 1. The van der Waals surface area contributed by atoms with Gasteiger partial charge in [0.05, 0.1) is 11.6 Å². The molecule has 0 saturated heterocycles. The normalized spacial score (nSPS) is 13.6. The lowest BCUT2D eigenvalue weighted by molar-refractivity contribution is 0.0519. The van der Waals surface area contributed by atoms with Crippen LogP contribution < -0.4 is 4.90 Å². The van der Waals surface area contributed by atoms with Crippen LogP contribution in [0.25, 0.3) is 0 Å². The smallest absolute Gasteiger partial charge is 0.356 e. The lowest BCUT2D eigenvalue weighted by Crippen LogP contribution is -2.30. The van der Waals surface area contributed by atoms with E-state index in [9.17, 15) is 9.18 Å². The van der Waals surface area contributed by atoms with E-state index in [0.29, 0.717) is 18.8 Å². The molecule has 0 spiro atoms. The molecule has 1 aromatic heterocycles. The van der Waals surface area contributed by atoms with E-state index in [2.05, 4.69) is 9.88 Å². The lowest BCUT2D eigenvalue weighted by Gasteiger charge is -2.30. The maximum absolute atomic E-state index is 13.3. The van der Waals surface area contributed by atoms with Crippen molar-refractivity contribution in [1.29, 1.82) is 0 Å². The zero-order valence-electron chi connectivity index (χ0n) is 12.7. The van der Waals surface area contributed by atoms with Gasteiger partial charge in [0.25, 0.3) is 0 Å². The molecular formula is C17H16ClFN2O2. The van der Waals surface area contributed by atoms with E-state index in [4.69, 9.17) is 16.3 Å². The van der Waals surface area contributed by atoms with E-state index >= 15 is 0 Å². The molecular weight excluding hydrogens is 319 g/mol. The van der Waals surface area contributed by atoms with Gasteiger partial charge in [0, 0.05) is 25.0 Å². The van der Waals surface area contributed by atoms with Gasteiger partial charge in [0.15, 0.2) is 0 Å². The SMILES string of the molecule is CCOC(=O)c1cc2c(cn1)CN(c1ccc(F)c(Cl)c1)CC2. The fraction of sp³-hybridized carbons (Fsp3) is 0.294. The minimum Gasteiger partial charge on any atom is -0.461 e. The van der Waals surface area contributed by atoms with Gasteiger partial charge in [-0.25, -0.2) is 14.2 Å². The number of ether oxygens (including phenoxy) is 1. The summed E-state index contributed by atoms with van der Waals surface area (Å²) < 4.78 is 18.3. The Morgan fingerprint density at radius 3 is 2.96 bits per heavy atom. The molecule has 0 atom stereocenters. The highest BCUT2D eigenvalue weighted by atomic mass is 35.5. The van der Waals surface area contributed by atoms with E-state index in [1.165, 1.54) is 6.07 Å². The second-order valence-electron chi connectivity index (χ2n) is 5.33. The standard InChI is InChI=1S/C17H16ClFN2O2/c1-2-23-17(22)16-7-11-5-6-21(10-12(11)9-20-16)13-3-4-15(19)14(18)8-13/h3-4,7-9H,2,5-6,10H2,1H3. The van der Waals surface area contributed by atoms with Crippen molar-refractivity contribution >= 4 is 23.3 Å². The highest BCUT2D eigenvalue weighted by molar-refractivity contribution is 6.31. The zero-order valence-corrected chi connectivity index (χ0v) is 13.4. The summed E-state index contributed by atoms with van der Waals surface area (Å²) in [5.41, 5.74) is 3.35. The van der Waals surface area contributed by atoms with Crippen LogP contribution in [0, 0.1) is 5.82 Å². The molecule has 0 amide bonds. The first-order chi connectivity index (χ1) is 11.1. The number of esters is 1. The molecule has 6 heteroatoms. The quantitative estimate of drug-likeness (QED) is 0.804. The molecule has 23 heavy (non-hydrogen) atoms. The molecule has 1 aliphatic heterocycles. The third-order valence-corrected chi connectivity index (χ3v) is 4.14. The third kappa shape index (κ3) is 3.29. The Balaban J connectivity index is 1.81. The van der Waals surface area contributed by atoms with E-state index in [-0.39, 0.29) is 5.02 Å². The second kappa shape index (κ2) is 6.54. The number of halogens is 2. The summed E-state index contributed by atoms with van der Waals surface area (Å²) in [6, 6.07) is 6.51. The average Bonchev–Trinajstić information content (AvgIpc) is 2.56. The van der Waals surface area contributed by atoms with Gasteiger partial charge in [0.2, 0.25) is 0 Å². The summed E-state index contributed by atoms with van der Waals surface area (Å²) in [6.07, 6.45) is 2.48. The van der Waals surface area contributed by atoms with Crippen LogP contribution in [0.15, 0.2) is 30.5 Å². The van der Waals surface area contributed by atoms with Gasteiger partial charge in [-0.3, -0.25) is 0 Å². The van der Waals surface area contributed by atoms with Crippen molar-refractivity contribution in [3.63, 3.8) is 0 Å². The minimum atomic E-state index is -0.423. The van der Waals surface area contributed by atoms with Crippen LogP contribution in [0.1, 0.15) is 28.5 Å². The van der Waals surface area contributed by atoms with Crippen LogP contribution in [0.5, 0.6) is 0 Å². The number of carbonyl (C=O) groups excluding carboxylic acids is 1. The summed E-state index contributed by atoms with van der Waals surface area (Å²) in [5.74, 6) is -0.823. The number of benzene rings is 1. The van der Waals surface area contributed by atoms with Gasteiger partial charge >= 0.3 is 5.97 Å². The summed E-state index contributed by atoms with van der Waals surface area (Å²) in [4.78, 5) is 18.0. The van der Waals surface area contributed by atoms with Crippen LogP contribution in [0.4, 0.5) is 10.1 Å². The van der Waals surface area contributed by atoms with Gasteiger partial charge < -0.3 is 9.64 Å². The number of hydrogen-bond acceptors (Lipinski definition) is 4. The first-order valence-electron chi connectivity index (χ1n) is 7.43. The van der Waals surface area contributed by atoms with E-state index in [0.717, 1.165) is 29.8 Å². The highest BCUT2D eigenvalue weighted by Gasteiger charge is 2.20. The van der Waals surface area contributed by atoms with Crippen molar-refractivity contribution in [2.24, 2.45) is 0 Å². The molecule has 2 heterocycles. The van der Waals surface area contributed by atoms with Crippen LogP contribution in [0.3, 0.4) is 0 Å². The Labute approximate surface area is 138 Å². The number of hydrogen-bond donors (Lipinski definition) is 0. The molecule has 0 fully saturated rings. The maximum atomic E-state index is 13.3. The monoisotopic (exact) mass is 334 g/mol. The molecule has 0 radical (unpaired) electrons. The Morgan fingerprint density at radius 1 is 1.39 bits per heavy atom. The van der Waals surface area contributed by atoms with Gasteiger partial charge in [0.1, 0.15) is 11.5 Å². The van der Waals surface area contributed by atoms with Crippen molar-refractivity contribution in [3.8, 4) is 0 Å². The first-order valence-corrected chi connectivity index (χ1v) is 7.81. The fourth-order valence-corrected chi connectivity index (χ4v) is 2.83. The van der Waals surface area contributed by atoms with Crippen LogP contribution in [-0.4, -0.2) is 24.1 Å². The second-order valence-corrected chi connectivity index (χ2v) is 5.74. The molecule has 1 aromatic carbocycles. The average molecular weight is 335 g/mol. The Morgan fingerprint density at radius 2 is 2.22 bits per heavy atom. The molecule has 0 saturated carbocycles. The van der Waals surface area contributed by atoms with Gasteiger partial charge in [-0.05, 0) is 48.7 Å². The Bertz CT molecular complexity index is 751. The zero-order chi connectivity index (χ0) is 16.4. The molecule has 1 aliphatic rings. The summed E-state index contributed by atoms with van der Waals surface area (Å²) in [7, 11) is 0. The van der Waals surface area contributed by atoms with Gasteiger partial charge in [-0.1, -0.05) is 11.6 Å². The number of aromatic nitrogens is 1. The molecule has 0 unspecified atom stereocenters. The number of nitrogens with zero attached hydrogens (tertiary/aromatic N) is 2. The van der Waals surface area contributed by atoms with Crippen molar-refractivity contribution < 1.29 is 13.9 Å². The molecule has 2 aromatic rings. The molecule has 0 aliphatic carbocycles. The fourth-order valence-electron chi connectivity index (χ4n) is 2.66. The maximum Gasteiger partial charge on any atom is 0.356 e. The number of fused-ring (bicyclic) bond motifs is 1. The van der Waals surface area contributed by atoms with E-state index < -0.39 is 11.8 Å². The predicted octanol–water partition coefficient (Wildman–Crippen LogP) is 3.61. The largest absolute Gasteiger partial charge is 0.461 e. The van der Waals surface area contributed by atoms with Gasteiger partial charge in [-0.15, -0.1) is 0 Å². The van der Waals surface area contributed by atoms with Crippen LogP contribution >= 0.6 is 11.6 Å². The lowest BCUT2D eigenvalue weighted by atomic mass is 10.0. The number of pyridine rings is 1. The highest BCUT2D eigenvalue weighted by Crippen LogP contribution is 2.27. The van der Waals surface area contributed by atoms with E-state index in [1.54, 1.807) is 31.3 Å². The Hall–Kier alpha value is -2.14. The van der Waals surface area contributed by atoms with Crippen molar-refractivity contribution in [1.82, 2.24) is 4.98 Å². The van der Waals surface area contributed by atoms with Crippen molar-refractivity contribution in [2.45, 2.75) is 19.9 Å². The molecule has 3 rings (SSSR count). The number of rotatable bonds is 3. The third-order valence-electron chi connectivity index (χ3n) is 3.85. The molecule has 120 valence electrons. The number of carbonyl (C=O) groups is 1. The summed E-state index contributed by atoms with van der Waals surface area (Å²) >= 11 is 5.85. The molecule has 0 N–H and O–H groups in total. The van der Waals surface area contributed by atoms with E-state index in [1.807, 2.05) is 0 Å². The predicted molar refractivity (Wildman–Crippen MR) is 86.4 cm³/mol. The molecule has 4 nitrogen and oxygen atoms in total. The Kier molecular flexibility index (Phi) is 4.48. The van der Waals surface area contributed by atoms with Crippen molar-refractivity contribution in [2.75, 3.05) is 18.1 Å². The molecule has 0 bridgehead atoms. The minimum absolute atomic E-state index is 0.115. The summed E-state index contributed by atoms with van der Waals surface area (Å²) in [6.45, 7) is 3.51. The van der Waals surface area contributed by atoms with Crippen LogP contribution in [0.2, 0.25) is 5.02 Å². The van der Waals surface area contributed by atoms with Gasteiger partial charge in [-0.2, -0.15) is 0 Å². The topological polar surface area (TPSA) is 42.4 Å². The first kappa shape index (κ1) is 15.7. The van der Waals surface area contributed by atoms with Crippen molar-refractivity contribution in [3.05, 3.63) is 58.1 Å². The van der Waals surface area contributed by atoms with Crippen LogP contribution in [-0.2, 0) is 17.7 Å².